The second kappa shape index (κ2) is 6.11. The van der Waals surface area contributed by atoms with Crippen LogP contribution in [-0.4, -0.2) is 11.0 Å². The van der Waals surface area contributed by atoms with Crippen molar-refractivity contribution in [3.8, 4) is 0 Å². The number of halogens is 1. The zero-order chi connectivity index (χ0) is 11.3. The van der Waals surface area contributed by atoms with Crippen molar-refractivity contribution >= 4 is 21.6 Å². The minimum atomic E-state index is 0.521. The van der Waals surface area contributed by atoms with Crippen LogP contribution in [0.25, 0.3) is 0 Å². The van der Waals surface area contributed by atoms with Gasteiger partial charge >= 0.3 is 0 Å². The van der Waals surface area contributed by atoms with E-state index >= 15 is 0 Å². The Labute approximate surface area is 101 Å². The predicted molar refractivity (Wildman–Crippen MR) is 69.3 cm³/mol. The van der Waals surface area contributed by atoms with Gasteiger partial charge in [-0.05, 0) is 47.8 Å². The lowest BCUT2D eigenvalue weighted by molar-refractivity contribution is 0.645. The lowest BCUT2D eigenvalue weighted by Crippen LogP contribution is -2.15. The zero-order valence-corrected chi connectivity index (χ0v) is 11.3. The molecule has 1 unspecified atom stereocenters. The topological polar surface area (TPSA) is 24.9 Å². The van der Waals surface area contributed by atoms with Gasteiger partial charge in [0.25, 0.3) is 0 Å². The van der Waals surface area contributed by atoms with Gasteiger partial charge in [-0.1, -0.05) is 19.8 Å². The van der Waals surface area contributed by atoms with Crippen LogP contribution in [0, 0.1) is 6.92 Å². The molecule has 0 saturated carbocycles. The van der Waals surface area contributed by atoms with Crippen LogP contribution in [0.4, 0.5) is 5.69 Å². The molecule has 3 heteroatoms. The number of nitrogens with one attached hydrogen (secondary N) is 1. The molecule has 1 atom stereocenters. The molecular formula is C12H19BrN2. The van der Waals surface area contributed by atoms with E-state index in [1.165, 1.54) is 24.8 Å². The summed E-state index contributed by atoms with van der Waals surface area (Å²) in [5.41, 5.74) is 2.28. The van der Waals surface area contributed by atoms with Crippen molar-refractivity contribution in [2.24, 2.45) is 0 Å². The van der Waals surface area contributed by atoms with Crippen LogP contribution in [-0.2, 0) is 0 Å². The van der Waals surface area contributed by atoms with Crippen molar-refractivity contribution in [2.45, 2.75) is 46.1 Å². The summed E-state index contributed by atoms with van der Waals surface area (Å²) in [6.45, 7) is 6.49. The van der Waals surface area contributed by atoms with Crippen LogP contribution < -0.4 is 5.32 Å². The lowest BCUT2D eigenvalue weighted by atomic mass is 10.1. The first-order valence-corrected chi connectivity index (χ1v) is 6.31. The molecule has 0 aromatic carbocycles. The highest BCUT2D eigenvalue weighted by Crippen LogP contribution is 2.18. The Hall–Kier alpha value is -0.570. The Morgan fingerprint density at radius 3 is 2.87 bits per heavy atom. The van der Waals surface area contributed by atoms with E-state index < -0.39 is 0 Å². The Bertz CT molecular complexity index is 312. The van der Waals surface area contributed by atoms with Gasteiger partial charge < -0.3 is 5.32 Å². The van der Waals surface area contributed by atoms with E-state index in [4.69, 9.17) is 0 Å². The Balaban J connectivity index is 2.53. The smallest absolute Gasteiger partial charge is 0.109 e. The fourth-order valence-corrected chi connectivity index (χ4v) is 1.72. The van der Waals surface area contributed by atoms with Crippen molar-refractivity contribution in [1.29, 1.82) is 0 Å². The molecule has 1 rings (SSSR count). The number of unbranched alkanes of at least 4 members (excludes halogenated alkanes) is 1. The van der Waals surface area contributed by atoms with E-state index in [2.05, 4.69) is 53.1 Å². The molecule has 1 aromatic rings. The van der Waals surface area contributed by atoms with Gasteiger partial charge in [0.1, 0.15) is 4.60 Å². The summed E-state index contributed by atoms with van der Waals surface area (Å²) in [6.07, 6.45) is 5.62. The summed E-state index contributed by atoms with van der Waals surface area (Å²) < 4.78 is 0.925. The molecule has 1 aromatic heterocycles. The SMILES string of the molecule is CCCCC(C)Nc1cnc(Br)c(C)c1. The minimum Gasteiger partial charge on any atom is -0.381 e. The Morgan fingerprint density at radius 2 is 2.27 bits per heavy atom. The number of rotatable bonds is 5. The largest absolute Gasteiger partial charge is 0.381 e. The van der Waals surface area contributed by atoms with E-state index in [9.17, 15) is 0 Å². The van der Waals surface area contributed by atoms with Crippen LogP contribution in [0.5, 0.6) is 0 Å². The summed E-state index contributed by atoms with van der Waals surface area (Å²) in [5, 5.41) is 3.46. The van der Waals surface area contributed by atoms with Crippen molar-refractivity contribution in [2.75, 3.05) is 5.32 Å². The highest BCUT2D eigenvalue weighted by Gasteiger charge is 2.03. The fraction of sp³-hybridized carbons (Fsp3) is 0.583. The second-order valence-corrected chi connectivity index (χ2v) is 4.77. The average molecular weight is 271 g/mol. The lowest BCUT2D eigenvalue weighted by Gasteiger charge is -2.15. The highest BCUT2D eigenvalue weighted by molar-refractivity contribution is 9.10. The highest BCUT2D eigenvalue weighted by atomic mass is 79.9. The molecule has 1 N–H and O–H groups in total. The maximum absolute atomic E-state index is 4.27. The average Bonchev–Trinajstić information content (AvgIpc) is 2.20. The van der Waals surface area contributed by atoms with Gasteiger partial charge in [0.05, 0.1) is 11.9 Å². The molecule has 0 radical (unpaired) electrons. The van der Waals surface area contributed by atoms with Gasteiger partial charge in [0, 0.05) is 6.04 Å². The number of nitrogens with zero attached hydrogens (tertiary/aromatic N) is 1. The van der Waals surface area contributed by atoms with Gasteiger partial charge in [0.2, 0.25) is 0 Å². The first-order valence-electron chi connectivity index (χ1n) is 5.52. The molecule has 0 amide bonds. The summed E-state index contributed by atoms with van der Waals surface area (Å²) in [4.78, 5) is 4.27. The minimum absolute atomic E-state index is 0.521. The number of hydrogen-bond donors (Lipinski definition) is 1. The van der Waals surface area contributed by atoms with Crippen molar-refractivity contribution in [1.82, 2.24) is 4.98 Å². The maximum atomic E-state index is 4.27. The van der Waals surface area contributed by atoms with Crippen molar-refractivity contribution < 1.29 is 0 Å². The van der Waals surface area contributed by atoms with Gasteiger partial charge in [-0.3, -0.25) is 0 Å². The van der Waals surface area contributed by atoms with E-state index in [1.807, 2.05) is 6.20 Å². The molecule has 0 aliphatic rings. The molecular weight excluding hydrogens is 252 g/mol. The summed E-state index contributed by atoms with van der Waals surface area (Å²) in [6, 6.07) is 2.65. The summed E-state index contributed by atoms with van der Waals surface area (Å²) in [7, 11) is 0. The van der Waals surface area contributed by atoms with Crippen LogP contribution in [0.15, 0.2) is 16.9 Å². The molecule has 15 heavy (non-hydrogen) atoms. The zero-order valence-electron chi connectivity index (χ0n) is 9.68. The first-order chi connectivity index (χ1) is 7.13. The molecule has 0 aliphatic heterocycles. The predicted octanol–water partition coefficient (Wildman–Crippen LogP) is 4.14. The number of hydrogen-bond acceptors (Lipinski definition) is 2. The molecule has 1 heterocycles. The summed E-state index contributed by atoms with van der Waals surface area (Å²) >= 11 is 3.40. The normalized spacial score (nSPS) is 12.5. The molecule has 0 bridgehead atoms. The number of aryl methyl sites for hydroxylation is 1. The first kappa shape index (κ1) is 12.5. The van der Waals surface area contributed by atoms with Crippen molar-refractivity contribution in [3.05, 3.63) is 22.4 Å². The number of pyridine rings is 1. The number of aromatic nitrogens is 1. The van der Waals surface area contributed by atoms with Crippen LogP contribution in [0.3, 0.4) is 0 Å². The van der Waals surface area contributed by atoms with Crippen LogP contribution >= 0.6 is 15.9 Å². The van der Waals surface area contributed by atoms with E-state index in [0.717, 1.165) is 10.3 Å². The molecule has 0 fully saturated rings. The summed E-state index contributed by atoms with van der Waals surface area (Å²) in [5.74, 6) is 0. The standard InChI is InChI=1S/C12H19BrN2/c1-4-5-6-10(3)15-11-7-9(2)12(13)14-8-11/h7-8,10,15H,4-6H2,1-3H3. The third-order valence-electron chi connectivity index (χ3n) is 2.42. The van der Waals surface area contributed by atoms with E-state index in [-0.39, 0.29) is 0 Å². The second-order valence-electron chi connectivity index (χ2n) is 4.02. The fourth-order valence-electron chi connectivity index (χ4n) is 1.50. The molecule has 0 aliphatic carbocycles. The monoisotopic (exact) mass is 270 g/mol. The van der Waals surface area contributed by atoms with E-state index in [1.54, 1.807) is 0 Å². The van der Waals surface area contributed by atoms with Crippen LogP contribution in [0.1, 0.15) is 38.7 Å². The van der Waals surface area contributed by atoms with Gasteiger partial charge in [-0.15, -0.1) is 0 Å². The maximum Gasteiger partial charge on any atom is 0.109 e. The number of anilines is 1. The van der Waals surface area contributed by atoms with E-state index in [0.29, 0.717) is 6.04 Å². The van der Waals surface area contributed by atoms with Gasteiger partial charge in [-0.25, -0.2) is 4.98 Å². The van der Waals surface area contributed by atoms with Crippen molar-refractivity contribution in [3.63, 3.8) is 0 Å². The Morgan fingerprint density at radius 1 is 1.53 bits per heavy atom. The third kappa shape index (κ3) is 4.20. The molecule has 84 valence electrons. The third-order valence-corrected chi connectivity index (χ3v) is 3.25. The molecule has 0 saturated heterocycles. The molecule has 2 nitrogen and oxygen atoms in total. The van der Waals surface area contributed by atoms with Crippen LogP contribution in [0.2, 0.25) is 0 Å². The Kier molecular flexibility index (Phi) is 5.09. The van der Waals surface area contributed by atoms with Gasteiger partial charge in [0.15, 0.2) is 0 Å². The quantitative estimate of drug-likeness (QED) is 0.814. The van der Waals surface area contributed by atoms with Gasteiger partial charge in [-0.2, -0.15) is 0 Å². The molecule has 0 spiro atoms.